The molecule has 0 aliphatic heterocycles. The Morgan fingerprint density at radius 1 is 1.44 bits per heavy atom. The molecule has 1 aromatic carbocycles. The zero-order valence-corrected chi connectivity index (χ0v) is 11.4. The number of ether oxygens (including phenoxy) is 2. The first-order valence-electron chi connectivity index (χ1n) is 5.84. The fourth-order valence-corrected chi connectivity index (χ4v) is 1.56. The zero-order valence-electron chi connectivity index (χ0n) is 10.7. The highest BCUT2D eigenvalue weighted by atomic mass is 35.5. The van der Waals surface area contributed by atoms with Gasteiger partial charge in [0.25, 0.3) is 0 Å². The van der Waals surface area contributed by atoms with Crippen LogP contribution in [-0.2, 0) is 9.53 Å². The van der Waals surface area contributed by atoms with E-state index in [2.05, 4.69) is 0 Å². The van der Waals surface area contributed by atoms with Crippen LogP contribution in [0.25, 0.3) is 0 Å². The Morgan fingerprint density at radius 2 is 2.22 bits per heavy atom. The van der Waals surface area contributed by atoms with Crippen molar-refractivity contribution in [2.75, 3.05) is 33.4 Å². The van der Waals surface area contributed by atoms with Crippen LogP contribution in [0.3, 0.4) is 0 Å². The molecule has 0 aromatic heterocycles. The van der Waals surface area contributed by atoms with Gasteiger partial charge in [0.1, 0.15) is 12.4 Å². The van der Waals surface area contributed by atoms with Crippen LogP contribution in [0.2, 0.25) is 5.02 Å². The van der Waals surface area contributed by atoms with Crippen LogP contribution in [0.1, 0.15) is 6.92 Å². The lowest BCUT2D eigenvalue weighted by atomic mass is 10.3. The number of halogens is 1. The second-order valence-corrected chi connectivity index (χ2v) is 4.29. The van der Waals surface area contributed by atoms with Crippen molar-refractivity contribution in [2.45, 2.75) is 6.92 Å². The molecule has 0 N–H and O–H groups in total. The predicted octanol–water partition coefficient (Wildman–Crippen LogP) is 2.21. The molecule has 0 radical (unpaired) electrons. The van der Waals surface area contributed by atoms with Crippen LogP contribution in [0, 0.1) is 0 Å². The molecule has 0 saturated carbocycles. The van der Waals surface area contributed by atoms with Gasteiger partial charge in [0.05, 0.1) is 13.2 Å². The van der Waals surface area contributed by atoms with Crippen molar-refractivity contribution >= 4 is 17.6 Å². The highest BCUT2D eigenvalue weighted by molar-refractivity contribution is 6.30. The number of carbonyl (C=O) groups is 1. The summed E-state index contributed by atoms with van der Waals surface area (Å²) in [5.74, 6) is 0.509. The molecule has 0 atom stereocenters. The molecule has 0 amide bonds. The van der Waals surface area contributed by atoms with Crippen LogP contribution in [0.5, 0.6) is 5.75 Å². The van der Waals surface area contributed by atoms with E-state index in [-0.39, 0.29) is 12.5 Å². The molecule has 18 heavy (non-hydrogen) atoms. The minimum Gasteiger partial charge on any atom is -0.492 e. The molecule has 4 nitrogen and oxygen atoms in total. The van der Waals surface area contributed by atoms with Crippen molar-refractivity contribution in [1.29, 1.82) is 0 Å². The van der Waals surface area contributed by atoms with Gasteiger partial charge in [-0.2, -0.15) is 0 Å². The summed E-state index contributed by atoms with van der Waals surface area (Å²) < 4.78 is 10.4. The van der Waals surface area contributed by atoms with E-state index in [1.807, 2.05) is 24.1 Å². The van der Waals surface area contributed by atoms with E-state index in [1.54, 1.807) is 19.1 Å². The SMILES string of the molecule is CCOC(=O)CN(C)CCOc1cccc(Cl)c1. The summed E-state index contributed by atoms with van der Waals surface area (Å²) in [4.78, 5) is 13.1. The van der Waals surface area contributed by atoms with Crippen molar-refractivity contribution in [3.05, 3.63) is 29.3 Å². The van der Waals surface area contributed by atoms with E-state index in [1.165, 1.54) is 0 Å². The quantitative estimate of drug-likeness (QED) is 0.713. The molecule has 0 heterocycles. The number of likely N-dealkylation sites (N-methyl/N-ethyl adjacent to an activating group) is 1. The first-order valence-corrected chi connectivity index (χ1v) is 6.22. The van der Waals surface area contributed by atoms with Gasteiger partial charge in [0, 0.05) is 11.6 Å². The average Bonchev–Trinajstić information content (AvgIpc) is 2.29. The Labute approximate surface area is 112 Å². The van der Waals surface area contributed by atoms with Gasteiger partial charge < -0.3 is 9.47 Å². The van der Waals surface area contributed by atoms with Gasteiger partial charge in [-0.25, -0.2) is 0 Å². The third-order valence-corrected chi connectivity index (χ3v) is 2.48. The smallest absolute Gasteiger partial charge is 0.320 e. The molecule has 0 fully saturated rings. The van der Waals surface area contributed by atoms with Gasteiger partial charge in [-0.15, -0.1) is 0 Å². The number of carbonyl (C=O) groups excluding carboxylic acids is 1. The minimum absolute atomic E-state index is 0.220. The minimum atomic E-state index is -0.220. The normalized spacial score (nSPS) is 10.4. The molecule has 0 saturated heterocycles. The summed E-state index contributed by atoms with van der Waals surface area (Å²) in [7, 11) is 1.85. The highest BCUT2D eigenvalue weighted by Gasteiger charge is 2.06. The molecule has 5 heteroatoms. The fraction of sp³-hybridized carbons (Fsp3) is 0.462. The number of hydrogen-bond acceptors (Lipinski definition) is 4. The van der Waals surface area contributed by atoms with Gasteiger partial charge in [0.2, 0.25) is 0 Å². The fourth-order valence-electron chi connectivity index (χ4n) is 1.38. The van der Waals surface area contributed by atoms with E-state index in [9.17, 15) is 4.79 Å². The number of benzene rings is 1. The highest BCUT2D eigenvalue weighted by Crippen LogP contribution is 2.16. The number of esters is 1. The van der Waals surface area contributed by atoms with Gasteiger partial charge in [-0.05, 0) is 32.2 Å². The molecule has 1 rings (SSSR count). The average molecular weight is 272 g/mol. The topological polar surface area (TPSA) is 38.8 Å². The molecule has 0 bridgehead atoms. The van der Waals surface area contributed by atoms with Gasteiger partial charge in [-0.3, -0.25) is 9.69 Å². The van der Waals surface area contributed by atoms with Crippen LogP contribution in [-0.4, -0.2) is 44.2 Å². The number of rotatable bonds is 7. The monoisotopic (exact) mass is 271 g/mol. The van der Waals surface area contributed by atoms with E-state index < -0.39 is 0 Å². The van der Waals surface area contributed by atoms with Gasteiger partial charge >= 0.3 is 5.97 Å². The lowest BCUT2D eigenvalue weighted by molar-refractivity contribution is -0.144. The van der Waals surface area contributed by atoms with Crippen molar-refractivity contribution in [2.24, 2.45) is 0 Å². The zero-order chi connectivity index (χ0) is 13.4. The summed E-state index contributed by atoms with van der Waals surface area (Å²) >= 11 is 5.84. The first-order chi connectivity index (χ1) is 8.61. The largest absolute Gasteiger partial charge is 0.492 e. The lowest BCUT2D eigenvalue weighted by Gasteiger charge is -2.15. The van der Waals surface area contributed by atoms with Crippen LogP contribution >= 0.6 is 11.6 Å². The maximum Gasteiger partial charge on any atom is 0.320 e. The van der Waals surface area contributed by atoms with Gasteiger partial charge in [0.15, 0.2) is 0 Å². The van der Waals surface area contributed by atoms with Crippen LogP contribution in [0.4, 0.5) is 0 Å². The third kappa shape index (κ3) is 5.89. The van der Waals surface area contributed by atoms with Crippen molar-refractivity contribution < 1.29 is 14.3 Å². The van der Waals surface area contributed by atoms with Gasteiger partial charge in [-0.1, -0.05) is 17.7 Å². The Hall–Kier alpha value is -1.26. The van der Waals surface area contributed by atoms with Crippen LogP contribution < -0.4 is 4.74 Å². The van der Waals surface area contributed by atoms with E-state index in [4.69, 9.17) is 21.1 Å². The summed E-state index contributed by atoms with van der Waals surface area (Å²) in [5.41, 5.74) is 0. The van der Waals surface area contributed by atoms with Crippen molar-refractivity contribution in [1.82, 2.24) is 4.90 Å². The molecule has 0 unspecified atom stereocenters. The predicted molar refractivity (Wildman–Crippen MR) is 71.1 cm³/mol. The van der Waals surface area contributed by atoms with Crippen molar-refractivity contribution in [3.8, 4) is 5.75 Å². The Bertz CT molecular complexity index is 384. The van der Waals surface area contributed by atoms with E-state index in [0.29, 0.717) is 24.8 Å². The summed E-state index contributed by atoms with van der Waals surface area (Å²) in [6.07, 6.45) is 0. The van der Waals surface area contributed by atoms with E-state index in [0.717, 1.165) is 5.75 Å². The van der Waals surface area contributed by atoms with Crippen LogP contribution in [0.15, 0.2) is 24.3 Å². The molecule has 0 aliphatic carbocycles. The molecule has 100 valence electrons. The number of nitrogens with zero attached hydrogens (tertiary/aromatic N) is 1. The first kappa shape index (κ1) is 14.8. The molecular weight excluding hydrogens is 254 g/mol. The summed E-state index contributed by atoms with van der Waals surface area (Å²) in [6.45, 7) is 3.61. The Kier molecular flexibility index (Phi) is 6.54. The second-order valence-electron chi connectivity index (χ2n) is 3.85. The molecular formula is C13H18ClNO3. The summed E-state index contributed by atoms with van der Waals surface area (Å²) in [5, 5.41) is 0.646. The standard InChI is InChI=1S/C13H18ClNO3/c1-3-17-13(16)10-15(2)7-8-18-12-6-4-5-11(14)9-12/h4-6,9H,3,7-8,10H2,1-2H3. The number of hydrogen-bond donors (Lipinski definition) is 0. The summed E-state index contributed by atoms with van der Waals surface area (Å²) in [6, 6.07) is 7.23. The second kappa shape index (κ2) is 7.95. The third-order valence-electron chi connectivity index (χ3n) is 2.24. The Balaban J connectivity index is 2.23. The maximum absolute atomic E-state index is 11.2. The maximum atomic E-state index is 11.2. The molecule has 0 aliphatic rings. The van der Waals surface area contributed by atoms with E-state index >= 15 is 0 Å². The molecule has 0 spiro atoms. The molecule has 1 aromatic rings. The lowest BCUT2D eigenvalue weighted by Crippen LogP contribution is -2.30. The van der Waals surface area contributed by atoms with Crippen molar-refractivity contribution in [3.63, 3.8) is 0 Å². The Morgan fingerprint density at radius 3 is 2.89 bits per heavy atom.